The zero-order chi connectivity index (χ0) is 16.0. The summed E-state index contributed by atoms with van der Waals surface area (Å²) in [6.45, 7) is 7.26. The fourth-order valence-corrected chi connectivity index (χ4v) is 1.77. The Balaban J connectivity index is 2.80. The van der Waals surface area contributed by atoms with Crippen molar-refractivity contribution in [3.8, 4) is 0 Å². The van der Waals surface area contributed by atoms with Gasteiger partial charge in [0.25, 0.3) is 0 Å². The van der Waals surface area contributed by atoms with Gasteiger partial charge in [0.1, 0.15) is 0 Å². The molecule has 3 N–H and O–H groups in total. The van der Waals surface area contributed by atoms with Crippen LogP contribution in [0.25, 0.3) is 0 Å². The summed E-state index contributed by atoms with van der Waals surface area (Å²) in [6, 6.07) is 5.47. The van der Waals surface area contributed by atoms with E-state index in [1.165, 1.54) is 0 Å². The van der Waals surface area contributed by atoms with Gasteiger partial charge in [-0.25, -0.2) is 0 Å². The second kappa shape index (κ2) is 7.73. The van der Waals surface area contributed by atoms with Gasteiger partial charge in [-0.3, -0.25) is 9.59 Å². The Morgan fingerprint density at radius 2 is 1.76 bits per heavy atom. The summed E-state index contributed by atoms with van der Waals surface area (Å²) in [5, 5.41) is 8.67. The molecule has 6 heteroatoms. The number of carbonyl (C=O) groups excluding carboxylic acids is 2. The van der Waals surface area contributed by atoms with Gasteiger partial charge in [0.15, 0.2) is 5.11 Å². The largest absolute Gasteiger partial charge is 0.332 e. The maximum Gasteiger partial charge on any atom is 0.228 e. The Morgan fingerprint density at radius 1 is 1.19 bits per heavy atom. The number of hydrogen-bond donors (Lipinski definition) is 3. The van der Waals surface area contributed by atoms with Gasteiger partial charge >= 0.3 is 0 Å². The fraction of sp³-hybridized carbons (Fsp3) is 0.400. The molecule has 0 atom stereocenters. The number of nitrogens with one attached hydrogen (secondary N) is 3. The molecule has 0 aliphatic carbocycles. The zero-order valence-corrected chi connectivity index (χ0v) is 13.6. The minimum absolute atomic E-state index is 0.0501. The number of amides is 2. The predicted octanol–water partition coefficient (Wildman–Crippen LogP) is 2.81. The molecule has 0 aliphatic rings. The van der Waals surface area contributed by atoms with E-state index in [1.54, 1.807) is 20.8 Å². The summed E-state index contributed by atoms with van der Waals surface area (Å²) in [5.41, 5.74) is 2.34. The van der Waals surface area contributed by atoms with Crippen molar-refractivity contribution in [3.05, 3.63) is 23.8 Å². The highest BCUT2D eigenvalue weighted by molar-refractivity contribution is 7.80. The molecule has 0 saturated carbocycles. The van der Waals surface area contributed by atoms with E-state index >= 15 is 0 Å². The smallest absolute Gasteiger partial charge is 0.228 e. The molecule has 1 aromatic rings. The van der Waals surface area contributed by atoms with Gasteiger partial charge in [0.2, 0.25) is 11.8 Å². The van der Waals surface area contributed by atoms with E-state index in [0.29, 0.717) is 6.42 Å². The summed E-state index contributed by atoms with van der Waals surface area (Å²) in [7, 11) is 0. The third-order valence-electron chi connectivity index (χ3n) is 2.94. The minimum Gasteiger partial charge on any atom is -0.332 e. The Hall–Kier alpha value is -1.95. The monoisotopic (exact) mass is 307 g/mol. The van der Waals surface area contributed by atoms with Gasteiger partial charge in [-0.2, -0.15) is 0 Å². The lowest BCUT2D eigenvalue weighted by Crippen LogP contribution is -2.36. The van der Waals surface area contributed by atoms with Gasteiger partial charge in [-0.1, -0.05) is 26.8 Å². The first-order valence-electron chi connectivity index (χ1n) is 6.86. The van der Waals surface area contributed by atoms with E-state index in [1.807, 2.05) is 25.1 Å². The lowest BCUT2D eigenvalue weighted by Gasteiger charge is -2.15. The molecule has 0 heterocycles. The van der Waals surface area contributed by atoms with Crippen molar-refractivity contribution in [2.45, 2.75) is 34.1 Å². The second-order valence-electron chi connectivity index (χ2n) is 4.98. The number of thiocarbonyl (C=S) groups is 1. The van der Waals surface area contributed by atoms with Crippen LogP contribution in [0.1, 0.15) is 32.8 Å². The molecule has 0 unspecified atom stereocenters. The first kappa shape index (κ1) is 17.1. The molecule has 1 rings (SSSR count). The first-order valence-corrected chi connectivity index (χ1v) is 7.27. The molecule has 114 valence electrons. The van der Waals surface area contributed by atoms with E-state index in [0.717, 1.165) is 16.9 Å². The lowest BCUT2D eigenvalue weighted by atomic mass is 10.1. The molecular formula is C15H21N3O2S. The normalized spacial score (nSPS) is 10.1. The van der Waals surface area contributed by atoms with Gasteiger partial charge in [-0.05, 0) is 36.8 Å². The Kier molecular flexibility index (Phi) is 6.30. The van der Waals surface area contributed by atoms with E-state index in [2.05, 4.69) is 16.0 Å². The van der Waals surface area contributed by atoms with Crippen LogP contribution in [0.15, 0.2) is 18.2 Å². The molecule has 0 aromatic heterocycles. The molecule has 5 nitrogen and oxygen atoms in total. The molecule has 0 saturated heterocycles. The third-order valence-corrected chi connectivity index (χ3v) is 3.14. The molecule has 0 fully saturated rings. The summed E-state index contributed by atoms with van der Waals surface area (Å²) in [4.78, 5) is 23.1. The number of carbonyl (C=O) groups is 2. The molecule has 1 aromatic carbocycles. The zero-order valence-electron chi connectivity index (χ0n) is 12.7. The highest BCUT2D eigenvalue weighted by Crippen LogP contribution is 2.23. The van der Waals surface area contributed by atoms with Crippen LogP contribution in [-0.2, 0) is 9.59 Å². The van der Waals surface area contributed by atoms with Gasteiger partial charge < -0.3 is 16.0 Å². The standard InChI is InChI=1S/C15H21N3O2S/c1-5-13(19)16-11-7-6-8-12(10(11)4)17-15(21)18-14(20)9(2)3/h6-9H,5H2,1-4H3,(H,16,19)(H2,17,18,20,21). The quantitative estimate of drug-likeness (QED) is 0.748. The molecule has 0 radical (unpaired) electrons. The van der Waals surface area contributed by atoms with Crippen molar-refractivity contribution < 1.29 is 9.59 Å². The highest BCUT2D eigenvalue weighted by atomic mass is 32.1. The SMILES string of the molecule is CCC(=O)Nc1cccc(NC(=S)NC(=O)C(C)C)c1C. The van der Waals surface area contributed by atoms with E-state index in [4.69, 9.17) is 12.2 Å². The summed E-state index contributed by atoms with van der Waals surface area (Å²) in [6.07, 6.45) is 0.417. The average Bonchev–Trinajstić information content (AvgIpc) is 2.42. The van der Waals surface area contributed by atoms with Crippen LogP contribution in [-0.4, -0.2) is 16.9 Å². The van der Waals surface area contributed by atoms with Gasteiger partial charge in [0, 0.05) is 23.7 Å². The molecular weight excluding hydrogens is 286 g/mol. The molecule has 0 spiro atoms. The maximum absolute atomic E-state index is 11.6. The van der Waals surface area contributed by atoms with Crippen molar-refractivity contribution >= 4 is 40.5 Å². The van der Waals surface area contributed by atoms with Gasteiger partial charge in [0.05, 0.1) is 0 Å². The van der Waals surface area contributed by atoms with Crippen LogP contribution in [0.5, 0.6) is 0 Å². The Bertz CT molecular complexity index is 556. The summed E-state index contributed by atoms with van der Waals surface area (Å²) in [5.74, 6) is -0.326. The Labute approximate surface area is 130 Å². The van der Waals surface area contributed by atoms with Crippen LogP contribution >= 0.6 is 12.2 Å². The second-order valence-corrected chi connectivity index (χ2v) is 5.39. The predicted molar refractivity (Wildman–Crippen MR) is 89.3 cm³/mol. The fourth-order valence-electron chi connectivity index (χ4n) is 1.55. The van der Waals surface area contributed by atoms with Crippen LogP contribution < -0.4 is 16.0 Å². The van der Waals surface area contributed by atoms with Crippen molar-refractivity contribution in [3.63, 3.8) is 0 Å². The van der Waals surface area contributed by atoms with Gasteiger partial charge in [-0.15, -0.1) is 0 Å². The summed E-state index contributed by atoms with van der Waals surface area (Å²) < 4.78 is 0. The topological polar surface area (TPSA) is 70.2 Å². The third kappa shape index (κ3) is 5.15. The van der Waals surface area contributed by atoms with Crippen LogP contribution in [0.3, 0.4) is 0 Å². The van der Waals surface area contributed by atoms with Crippen molar-refractivity contribution in [2.75, 3.05) is 10.6 Å². The highest BCUT2D eigenvalue weighted by Gasteiger charge is 2.11. The minimum atomic E-state index is -0.138. The molecule has 2 amide bonds. The number of anilines is 2. The summed E-state index contributed by atoms with van der Waals surface area (Å²) >= 11 is 5.11. The lowest BCUT2D eigenvalue weighted by molar-refractivity contribution is -0.122. The van der Waals surface area contributed by atoms with Crippen molar-refractivity contribution in [1.29, 1.82) is 0 Å². The van der Waals surface area contributed by atoms with Crippen LogP contribution in [0.2, 0.25) is 0 Å². The molecule has 0 aliphatic heterocycles. The van der Waals surface area contributed by atoms with E-state index in [-0.39, 0.29) is 22.8 Å². The van der Waals surface area contributed by atoms with Crippen molar-refractivity contribution in [2.24, 2.45) is 5.92 Å². The number of rotatable bonds is 4. The average molecular weight is 307 g/mol. The molecule has 0 bridgehead atoms. The first-order chi connectivity index (χ1) is 9.85. The number of benzene rings is 1. The van der Waals surface area contributed by atoms with Crippen LogP contribution in [0.4, 0.5) is 11.4 Å². The van der Waals surface area contributed by atoms with E-state index < -0.39 is 0 Å². The number of hydrogen-bond acceptors (Lipinski definition) is 3. The Morgan fingerprint density at radius 3 is 2.29 bits per heavy atom. The molecule has 21 heavy (non-hydrogen) atoms. The maximum atomic E-state index is 11.6. The van der Waals surface area contributed by atoms with Crippen molar-refractivity contribution in [1.82, 2.24) is 5.32 Å². The van der Waals surface area contributed by atoms with Crippen LogP contribution in [0, 0.1) is 12.8 Å². The van der Waals surface area contributed by atoms with E-state index in [9.17, 15) is 9.59 Å².